The quantitative estimate of drug-likeness (QED) is 0.212. The van der Waals surface area contributed by atoms with Crippen molar-refractivity contribution in [2.45, 2.75) is 85.5 Å². The minimum absolute atomic E-state index is 0.0671. The van der Waals surface area contributed by atoms with Crippen LogP contribution < -0.4 is 4.74 Å². The fourth-order valence-electron chi connectivity index (χ4n) is 3.70. The largest absolute Gasteiger partial charge is 0.513 e. The monoisotopic (exact) mass is 454 g/mol. The number of aryl methyl sites for hydroxylation is 1. The first-order valence-corrected chi connectivity index (χ1v) is 12.1. The summed E-state index contributed by atoms with van der Waals surface area (Å²) in [4.78, 5) is 24.7. The first-order valence-electron chi connectivity index (χ1n) is 12.1. The highest BCUT2D eigenvalue weighted by atomic mass is 16.7. The standard InChI is InChI=1S/C28H38O5/c1-7-9-11-20-12-13-22(27(29)30)24(15-20)25-17-21(18(3)4)16-23(19(5)6)26(25)33-28(31)32-14-10-8-2/h12-13,15-19H,7-11,14H2,1-6H3,(H,29,30). The van der Waals surface area contributed by atoms with Crippen LogP contribution in [0.5, 0.6) is 5.75 Å². The lowest BCUT2D eigenvalue weighted by molar-refractivity contribution is 0.0697. The Kier molecular flexibility index (Phi) is 9.95. The number of carboxylic acid groups (broad SMARTS) is 1. The Morgan fingerprint density at radius 1 is 0.909 bits per heavy atom. The van der Waals surface area contributed by atoms with E-state index in [2.05, 4.69) is 26.8 Å². The molecule has 2 aromatic rings. The molecular weight excluding hydrogens is 416 g/mol. The van der Waals surface area contributed by atoms with Crippen LogP contribution in [0.25, 0.3) is 11.1 Å². The van der Waals surface area contributed by atoms with Crippen LogP contribution in [0.15, 0.2) is 30.3 Å². The number of rotatable bonds is 11. The van der Waals surface area contributed by atoms with Gasteiger partial charge in [-0.2, -0.15) is 0 Å². The lowest BCUT2D eigenvalue weighted by atomic mass is 9.87. The number of carbonyl (C=O) groups is 2. The molecule has 0 atom stereocenters. The van der Waals surface area contributed by atoms with Gasteiger partial charge in [0.25, 0.3) is 0 Å². The van der Waals surface area contributed by atoms with E-state index in [1.807, 2.05) is 39.0 Å². The van der Waals surface area contributed by atoms with Crippen LogP contribution in [0, 0.1) is 0 Å². The SMILES string of the molecule is CCCCOC(=O)Oc1c(-c2cc(CCCC)ccc2C(=O)O)cc(C(C)C)cc1C(C)C. The van der Waals surface area contributed by atoms with Gasteiger partial charge in [0.1, 0.15) is 5.75 Å². The molecule has 0 spiro atoms. The molecule has 0 heterocycles. The highest BCUT2D eigenvalue weighted by molar-refractivity contribution is 5.97. The Bertz CT molecular complexity index is 959. The minimum atomic E-state index is -1.01. The Labute approximate surface area is 198 Å². The summed E-state index contributed by atoms with van der Waals surface area (Å²) in [5.41, 5.74) is 4.36. The van der Waals surface area contributed by atoms with E-state index in [9.17, 15) is 14.7 Å². The molecular formula is C28H38O5. The average molecular weight is 455 g/mol. The van der Waals surface area contributed by atoms with Crippen LogP contribution in [-0.2, 0) is 11.2 Å². The van der Waals surface area contributed by atoms with Crippen molar-refractivity contribution in [3.05, 3.63) is 52.6 Å². The summed E-state index contributed by atoms with van der Waals surface area (Å²) in [7, 11) is 0. The second-order valence-electron chi connectivity index (χ2n) is 9.14. The number of aromatic carboxylic acids is 1. The van der Waals surface area contributed by atoms with Gasteiger partial charge in [-0.3, -0.25) is 0 Å². The van der Waals surface area contributed by atoms with E-state index in [0.717, 1.165) is 48.8 Å². The minimum Gasteiger partial charge on any atom is -0.478 e. The van der Waals surface area contributed by atoms with Gasteiger partial charge in [0.15, 0.2) is 0 Å². The molecule has 0 bridgehead atoms. The highest BCUT2D eigenvalue weighted by Crippen LogP contribution is 2.41. The van der Waals surface area contributed by atoms with Crippen LogP contribution in [-0.4, -0.2) is 23.8 Å². The van der Waals surface area contributed by atoms with Gasteiger partial charge in [-0.15, -0.1) is 0 Å². The molecule has 2 aromatic carbocycles. The Balaban J connectivity index is 2.73. The molecule has 5 nitrogen and oxygen atoms in total. The van der Waals surface area contributed by atoms with Gasteiger partial charge in [0.05, 0.1) is 12.2 Å². The second-order valence-corrected chi connectivity index (χ2v) is 9.14. The highest BCUT2D eigenvalue weighted by Gasteiger charge is 2.24. The third-order valence-corrected chi connectivity index (χ3v) is 5.76. The van der Waals surface area contributed by atoms with Crippen LogP contribution in [0.3, 0.4) is 0 Å². The maximum atomic E-state index is 12.5. The molecule has 33 heavy (non-hydrogen) atoms. The fourth-order valence-corrected chi connectivity index (χ4v) is 3.70. The zero-order valence-corrected chi connectivity index (χ0v) is 20.9. The van der Waals surface area contributed by atoms with E-state index in [1.54, 1.807) is 6.07 Å². The molecule has 0 unspecified atom stereocenters. The maximum Gasteiger partial charge on any atom is 0.513 e. The van der Waals surface area contributed by atoms with E-state index < -0.39 is 12.1 Å². The molecule has 5 heteroatoms. The first kappa shape index (κ1) is 26.4. The lowest BCUT2D eigenvalue weighted by Crippen LogP contribution is -2.14. The lowest BCUT2D eigenvalue weighted by Gasteiger charge is -2.21. The van der Waals surface area contributed by atoms with Crippen molar-refractivity contribution < 1.29 is 24.2 Å². The molecule has 0 saturated heterocycles. The molecule has 1 N–H and O–H groups in total. The van der Waals surface area contributed by atoms with Crippen molar-refractivity contribution in [2.75, 3.05) is 6.61 Å². The third-order valence-electron chi connectivity index (χ3n) is 5.76. The van der Waals surface area contributed by atoms with Crippen molar-refractivity contribution >= 4 is 12.1 Å². The predicted molar refractivity (Wildman–Crippen MR) is 133 cm³/mol. The number of hydrogen-bond acceptors (Lipinski definition) is 4. The van der Waals surface area contributed by atoms with Gasteiger partial charge in [-0.05, 0) is 59.9 Å². The van der Waals surface area contributed by atoms with Crippen molar-refractivity contribution in [1.82, 2.24) is 0 Å². The Morgan fingerprint density at radius 2 is 1.61 bits per heavy atom. The zero-order valence-electron chi connectivity index (χ0n) is 20.9. The first-order chi connectivity index (χ1) is 15.7. The molecule has 0 aromatic heterocycles. The summed E-state index contributed by atoms with van der Waals surface area (Å²) in [5, 5.41) is 9.93. The van der Waals surface area contributed by atoms with Gasteiger partial charge < -0.3 is 14.6 Å². The van der Waals surface area contributed by atoms with Crippen LogP contribution in [0.2, 0.25) is 0 Å². The summed E-state index contributed by atoms with van der Waals surface area (Å²) < 4.78 is 11.0. The van der Waals surface area contributed by atoms with Crippen molar-refractivity contribution in [1.29, 1.82) is 0 Å². The van der Waals surface area contributed by atoms with Gasteiger partial charge in [-0.1, -0.05) is 72.6 Å². The molecule has 0 aliphatic rings. The van der Waals surface area contributed by atoms with E-state index in [-0.39, 0.29) is 17.4 Å². The Morgan fingerprint density at radius 3 is 2.18 bits per heavy atom. The van der Waals surface area contributed by atoms with E-state index in [1.165, 1.54) is 0 Å². The fraction of sp³-hybridized carbons (Fsp3) is 0.500. The molecule has 2 rings (SSSR count). The summed E-state index contributed by atoms with van der Waals surface area (Å²) in [5.74, 6) is -0.337. The normalized spacial score (nSPS) is 11.2. The van der Waals surface area contributed by atoms with Crippen molar-refractivity contribution in [2.24, 2.45) is 0 Å². The summed E-state index contributed by atoms with van der Waals surface area (Å²) in [6.45, 7) is 12.7. The van der Waals surface area contributed by atoms with E-state index in [4.69, 9.17) is 9.47 Å². The molecule has 0 saturated carbocycles. The number of hydrogen-bond donors (Lipinski definition) is 1. The number of carboxylic acids is 1. The van der Waals surface area contributed by atoms with Gasteiger partial charge in [0.2, 0.25) is 0 Å². The molecule has 180 valence electrons. The van der Waals surface area contributed by atoms with Crippen LogP contribution in [0.1, 0.15) is 106 Å². The molecule has 0 radical (unpaired) electrons. The summed E-state index contributed by atoms with van der Waals surface area (Å²) >= 11 is 0. The van der Waals surface area contributed by atoms with Gasteiger partial charge in [-0.25, -0.2) is 9.59 Å². The molecule has 0 aliphatic carbocycles. The molecule has 0 amide bonds. The van der Waals surface area contributed by atoms with Crippen LogP contribution in [0.4, 0.5) is 4.79 Å². The number of benzene rings is 2. The second kappa shape index (κ2) is 12.4. The summed E-state index contributed by atoms with van der Waals surface area (Å²) in [6, 6.07) is 9.46. The summed E-state index contributed by atoms with van der Waals surface area (Å²) in [6.07, 6.45) is 3.83. The average Bonchev–Trinajstić information content (AvgIpc) is 2.77. The Hall–Kier alpha value is -2.82. The smallest absolute Gasteiger partial charge is 0.478 e. The van der Waals surface area contributed by atoms with Crippen molar-refractivity contribution in [3.63, 3.8) is 0 Å². The third kappa shape index (κ3) is 7.08. The van der Waals surface area contributed by atoms with Gasteiger partial charge >= 0.3 is 12.1 Å². The number of ether oxygens (including phenoxy) is 2. The number of unbranched alkanes of at least 4 members (excludes halogenated alkanes) is 2. The molecule has 0 aliphatic heterocycles. The maximum absolute atomic E-state index is 12.5. The van der Waals surface area contributed by atoms with Gasteiger partial charge in [0, 0.05) is 11.1 Å². The number of carbonyl (C=O) groups excluding carboxylic acids is 1. The van der Waals surface area contributed by atoms with Crippen LogP contribution >= 0.6 is 0 Å². The van der Waals surface area contributed by atoms with E-state index in [0.29, 0.717) is 23.5 Å². The predicted octanol–water partition coefficient (Wildman–Crippen LogP) is 7.96. The zero-order chi connectivity index (χ0) is 24.5. The van der Waals surface area contributed by atoms with Crippen molar-refractivity contribution in [3.8, 4) is 16.9 Å². The molecule has 0 fully saturated rings. The van der Waals surface area contributed by atoms with E-state index >= 15 is 0 Å². The topological polar surface area (TPSA) is 72.8 Å².